The molecule has 1 heterocycles. The first-order chi connectivity index (χ1) is 11.0. The van der Waals surface area contributed by atoms with Crippen LogP contribution in [0.3, 0.4) is 0 Å². The van der Waals surface area contributed by atoms with Gasteiger partial charge in [0.2, 0.25) is 0 Å². The molecule has 1 aliphatic heterocycles. The largest absolute Gasteiger partial charge is 0.466 e. The molecule has 0 aromatic heterocycles. The van der Waals surface area contributed by atoms with Crippen LogP contribution in [0.5, 0.6) is 0 Å². The molecule has 0 fully saturated rings. The molecular weight excluding hydrogens is 314 g/mol. The Kier molecular flexibility index (Phi) is 5.50. The van der Waals surface area contributed by atoms with Crippen molar-refractivity contribution in [1.29, 1.82) is 0 Å². The smallest absolute Gasteiger partial charge is 0.340 e. The first-order valence-corrected chi connectivity index (χ1v) is 7.98. The number of ether oxygens (including phenoxy) is 2. The summed E-state index contributed by atoms with van der Waals surface area (Å²) in [6.07, 6.45) is 0. The van der Waals surface area contributed by atoms with Gasteiger partial charge in [-0.05, 0) is 31.6 Å². The molecule has 0 saturated carbocycles. The van der Waals surface area contributed by atoms with Crippen molar-refractivity contribution in [2.24, 2.45) is 0 Å². The van der Waals surface area contributed by atoms with E-state index >= 15 is 0 Å². The van der Waals surface area contributed by atoms with Gasteiger partial charge in [-0.3, -0.25) is 0 Å². The number of nitrogens with one attached hydrogen (secondary N) is 1. The molecule has 2 rings (SSSR count). The number of rotatable bonds is 4. The van der Waals surface area contributed by atoms with Gasteiger partial charge in [0, 0.05) is 10.9 Å². The molecule has 0 spiro atoms. The minimum Gasteiger partial charge on any atom is -0.466 e. The Morgan fingerprint density at radius 1 is 1.09 bits per heavy atom. The van der Waals surface area contributed by atoms with Gasteiger partial charge in [-0.15, -0.1) is 0 Å². The van der Waals surface area contributed by atoms with Gasteiger partial charge < -0.3 is 14.8 Å². The average Bonchev–Trinajstić information content (AvgIpc) is 2.54. The molecule has 0 bridgehead atoms. The van der Waals surface area contributed by atoms with Gasteiger partial charge in [0.15, 0.2) is 0 Å². The van der Waals surface area contributed by atoms with Crippen molar-refractivity contribution in [1.82, 2.24) is 0 Å². The molecule has 122 valence electrons. The summed E-state index contributed by atoms with van der Waals surface area (Å²) >= 11 is 1.40. The molecule has 1 aromatic rings. The van der Waals surface area contributed by atoms with Gasteiger partial charge in [-0.1, -0.05) is 30.0 Å². The van der Waals surface area contributed by atoms with E-state index in [2.05, 4.69) is 5.32 Å². The Balaban J connectivity index is 2.52. The van der Waals surface area contributed by atoms with E-state index in [4.69, 9.17) is 9.47 Å². The normalized spacial score (nSPS) is 17.8. The Morgan fingerprint density at radius 2 is 1.70 bits per heavy atom. The molecule has 6 heteroatoms. The number of carbonyl (C=O) groups excluding carboxylic acids is 2. The Hall–Kier alpha value is -2.21. The fourth-order valence-electron chi connectivity index (χ4n) is 2.43. The van der Waals surface area contributed by atoms with Gasteiger partial charge in [0.05, 0.1) is 30.4 Å². The molecule has 1 unspecified atom stereocenters. The Labute approximate surface area is 139 Å². The van der Waals surface area contributed by atoms with Crippen LogP contribution in [0.1, 0.15) is 13.8 Å². The van der Waals surface area contributed by atoms with E-state index in [1.54, 1.807) is 6.92 Å². The summed E-state index contributed by atoms with van der Waals surface area (Å²) in [7, 11) is 2.66. The monoisotopic (exact) mass is 333 g/mol. The number of carbonyl (C=O) groups is 2. The fourth-order valence-corrected chi connectivity index (χ4v) is 3.70. The Morgan fingerprint density at radius 3 is 2.26 bits per heavy atom. The first-order valence-electron chi connectivity index (χ1n) is 7.10. The SMILES string of the molecule is COC(=O)C1=C(Nc2ccccc2)SC(C)C(C(=O)OC)=C1C. The lowest BCUT2D eigenvalue weighted by atomic mass is 9.99. The van der Waals surface area contributed by atoms with Gasteiger partial charge in [-0.2, -0.15) is 0 Å². The number of para-hydroxylation sites is 1. The van der Waals surface area contributed by atoms with Crippen molar-refractivity contribution in [2.45, 2.75) is 19.1 Å². The van der Waals surface area contributed by atoms with E-state index in [-0.39, 0.29) is 5.25 Å². The second kappa shape index (κ2) is 7.37. The predicted octanol–water partition coefficient (Wildman–Crippen LogP) is 3.11. The Bertz CT molecular complexity index is 679. The summed E-state index contributed by atoms with van der Waals surface area (Å²) in [5.74, 6) is -0.913. The highest BCUT2D eigenvalue weighted by Gasteiger charge is 2.33. The lowest BCUT2D eigenvalue weighted by molar-refractivity contribution is -0.136. The number of hydrogen-bond donors (Lipinski definition) is 1. The summed E-state index contributed by atoms with van der Waals surface area (Å²) in [6, 6.07) is 9.53. The maximum Gasteiger partial charge on any atom is 0.340 e. The summed E-state index contributed by atoms with van der Waals surface area (Å²) in [6.45, 7) is 3.64. The van der Waals surface area contributed by atoms with Gasteiger partial charge in [0.1, 0.15) is 0 Å². The number of methoxy groups -OCH3 is 2. The molecule has 0 saturated heterocycles. The molecule has 0 amide bonds. The minimum atomic E-state index is -0.485. The van der Waals surface area contributed by atoms with Crippen LogP contribution in [0.2, 0.25) is 0 Å². The molecular formula is C17H19NO4S. The number of hydrogen-bond acceptors (Lipinski definition) is 6. The highest BCUT2D eigenvalue weighted by Crippen LogP contribution is 2.40. The predicted molar refractivity (Wildman–Crippen MR) is 90.9 cm³/mol. The van der Waals surface area contributed by atoms with Crippen molar-refractivity contribution in [3.8, 4) is 0 Å². The average molecular weight is 333 g/mol. The number of thioether (sulfide) groups is 1. The van der Waals surface area contributed by atoms with Crippen molar-refractivity contribution >= 4 is 29.4 Å². The van der Waals surface area contributed by atoms with Crippen LogP contribution >= 0.6 is 11.8 Å². The third kappa shape index (κ3) is 3.59. The lowest BCUT2D eigenvalue weighted by Gasteiger charge is -2.27. The first kappa shape index (κ1) is 17.1. The fraction of sp³-hybridized carbons (Fsp3) is 0.294. The maximum atomic E-state index is 12.2. The van der Waals surface area contributed by atoms with E-state index in [1.165, 1.54) is 26.0 Å². The summed E-state index contributed by atoms with van der Waals surface area (Å²) in [5, 5.41) is 3.77. The van der Waals surface area contributed by atoms with Crippen LogP contribution in [0, 0.1) is 0 Å². The van der Waals surface area contributed by atoms with Crippen molar-refractivity contribution in [3.05, 3.63) is 52.1 Å². The van der Waals surface area contributed by atoms with Crippen LogP contribution in [-0.4, -0.2) is 31.4 Å². The zero-order valence-electron chi connectivity index (χ0n) is 13.5. The van der Waals surface area contributed by atoms with E-state index in [0.29, 0.717) is 21.7 Å². The van der Waals surface area contributed by atoms with E-state index in [9.17, 15) is 9.59 Å². The highest BCUT2D eigenvalue weighted by molar-refractivity contribution is 8.04. The molecule has 1 aromatic carbocycles. The molecule has 23 heavy (non-hydrogen) atoms. The minimum absolute atomic E-state index is 0.137. The summed E-state index contributed by atoms with van der Waals surface area (Å²) in [4.78, 5) is 24.2. The molecule has 1 N–H and O–H groups in total. The summed E-state index contributed by atoms with van der Waals surface area (Å²) in [5.41, 5.74) is 2.28. The summed E-state index contributed by atoms with van der Waals surface area (Å²) < 4.78 is 9.73. The van der Waals surface area contributed by atoms with Gasteiger partial charge >= 0.3 is 11.9 Å². The molecule has 5 nitrogen and oxygen atoms in total. The topological polar surface area (TPSA) is 64.6 Å². The van der Waals surface area contributed by atoms with Crippen LogP contribution in [0.25, 0.3) is 0 Å². The third-order valence-electron chi connectivity index (χ3n) is 3.53. The van der Waals surface area contributed by atoms with Crippen LogP contribution in [0.15, 0.2) is 52.1 Å². The highest BCUT2D eigenvalue weighted by atomic mass is 32.2. The zero-order chi connectivity index (χ0) is 17.0. The molecule has 0 radical (unpaired) electrons. The second-order valence-corrected chi connectivity index (χ2v) is 6.33. The maximum absolute atomic E-state index is 12.2. The third-order valence-corrected chi connectivity index (χ3v) is 4.66. The van der Waals surface area contributed by atoms with Gasteiger partial charge in [-0.25, -0.2) is 9.59 Å². The van der Waals surface area contributed by atoms with Crippen molar-refractivity contribution in [2.75, 3.05) is 19.5 Å². The van der Waals surface area contributed by atoms with Crippen molar-refractivity contribution in [3.63, 3.8) is 0 Å². The standard InChI is InChI=1S/C17H19NO4S/c1-10-13(16(19)21-3)11(2)23-15(14(10)17(20)22-4)18-12-8-6-5-7-9-12/h5-9,11,18H,1-4H3. The van der Waals surface area contributed by atoms with E-state index in [0.717, 1.165) is 5.69 Å². The second-order valence-electron chi connectivity index (χ2n) is 4.98. The van der Waals surface area contributed by atoms with Gasteiger partial charge in [0.25, 0.3) is 0 Å². The van der Waals surface area contributed by atoms with Crippen molar-refractivity contribution < 1.29 is 19.1 Å². The lowest BCUT2D eigenvalue weighted by Crippen LogP contribution is -2.25. The quantitative estimate of drug-likeness (QED) is 0.854. The molecule has 1 aliphatic rings. The zero-order valence-corrected chi connectivity index (χ0v) is 14.3. The van der Waals surface area contributed by atoms with Crippen LogP contribution < -0.4 is 5.32 Å². The van der Waals surface area contributed by atoms with E-state index < -0.39 is 11.9 Å². The molecule has 1 atom stereocenters. The van der Waals surface area contributed by atoms with Crippen LogP contribution in [0.4, 0.5) is 5.69 Å². The van der Waals surface area contributed by atoms with E-state index in [1.807, 2.05) is 37.3 Å². The molecule has 0 aliphatic carbocycles. The van der Waals surface area contributed by atoms with Crippen LogP contribution in [-0.2, 0) is 19.1 Å². The number of esters is 2. The number of anilines is 1. The number of benzene rings is 1.